The van der Waals surface area contributed by atoms with E-state index >= 15 is 0 Å². The standard InChI is InChI=1S/C51H33N/c1-2-15-34(16-3-1)35-29-31-37(32-30-35)52(48-28-14-18-36-17-4-5-19-38(36)48)49-33-47-50(42-23-7-6-22-41(42)49)43-24-10-13-27-46(43)51(47)44-25-11-8-20-39(44)40-21-9-12-26-45(40)51/h1-33H. The van der Waals surface area contributed by atoms with Crippen molar-refractivity contribution in [2.75, 3.05) is 4.90 Å². The second-order valence-corrected chi connectivity index (χ2v) is 14.0. The highest BCUT2D eigenvalue weighted by Gasteiger charge is 2.52. The number of nitrogens with zero attached hydrogens (tertiary/aromatic N) is 1. The second-order valence-electron chi connectivity index (χ2n) is 14.0. The first kappa shape index (κ1) is 29.1. The fraction of sp³-hybridized carbons (Fsp3) is 0.0196. The molecule has 0 N–H and O–H groups in total. The Morgan fingerprint density at radius 3 is 1.56 bits per heavy atom. The largest absolute Gasteiger partial charge is 0.309 e. The average Bonchev–Trinajstić information content (AvgIpc) is 3.69. The first-order chi connectivity index (χ1) is 25.8. The van der Waals surface area contributed by atoms with E-state index in [2.05, 4.69) is 205 Å². The summed E-state index contributed by atoms with van der Waals surface area (Å²) in [6.45, 7) is 0. The summed E-state index contributed by atoms with van der Waals surface area (Å²) in [4.78, 5) is 2.50. The minimum absolute atomic E-state index is 0.445. The van der Waals surface area contributed by atoms with Crippen molar-refractivity contribution in [1.82, 2.24) is 0 Å². The van der Waals surface area contributed by atoms with Crippen molar-refractivity contribution in [1.29, 1.82) is 0 Å². The molecule has 52 heavy (non-hydrogen) atoms. The van der Waals surface area contributed by atoms with Crippen LogP contribution in [-0.2, 0) is 5.41 Å². The molecule has 0 amide bonds. The van der Waals surface area contributed by atoms with Crippen molar-refractivity contribution < 1.29 is 0 Å². The quantitative estimate of drug-likeness (QED) is 0.182. The molecule has 9 aromatic carbocycles. The van der Waals surface area contributed by atoms with Gasteiger partial charge in [0.05, 0.1) is 16.8 Å². The maximum absolute atomic E-state index is 2.53. The van der Waals surface area contributed by atoms with Crippen molar-refractivity contribution in [3.63, 3.8) is 0 Å². The molecular weight excluding hydrogens is 627 g/mol. The van der Waals surface area contributed by atoms with Crippen LogP contribution in [0.3, 0.4) is 0 Å². The summed E-state index contributed by atoms with van der Waals surface area (Å²) in [5.41, 5.74) is 16.1. The number of benzene rings is 9. The van der Waals surface area contributed by atoms with Gasteiger partial charge in [-0.3, -0.25) is 0 Å². The first-order valence-electron chi connectivity index (χ1n) is 18.1. The molecule has 242 valence electrons. The van der Waals surface area contributed by atoms with Gasteiger partial charge in [-0.05, 0) is 90.7 Å². The van der Waals surface area contributed by atoms with Crippen LogP contribution in [0.25, 0.3) is 54.9 Å². The Balaban J connectivity index is 1.26. The van der Waals surface area contributed by atoms with Gasteiger partial charge >= 0.3 is 0 Å². The van der Waals surface area contributed by atoms with E-state index in [1.807, 2.05) is 0 Å². The van der Waals surface area contributed by atoms with E-state index in [-0.39, 0.29) is 0 Å². The molecule has 0 bridgehead atoms. The Kier molecular flexibility index (Phi) is 6.23. The zero-order valence-corrected chi connectivity index (χ0v) is 28.5. The van der Waals surface area contributed by atoms with Crippen LogP contribution in [-0.4, -0.2) is 0 Å². The third-order valence-electron chi connectivity index (χ3n) is 11.5. The van der Waals surface area contributed by atoms with Crippen molar-refractivity contribution in [2.24, 2.45) is 0 Å². The van der Waals surface area contributed by atoms with Crippen LogP contribution in [0.2, 0.25) is 0 Å². The Morgan fingerprint density at radius 2 is 0.846 bits per heavy atom. The second kappa shape index (κ2) is 11.2. The molecule has 0 fully saturated rings. The van der Waals surface area contributed by atoms with Crippen LogP contribution in [0.1, 0.15) is 22.3 Å². The zero-order chi connectivity index (χ0) is 34.2. The molecule has 11 rings (SSSR count). The van der Waals surface area contributed by atoms with Crippen LogP contribution in [0.5, 0.6) is 0 Å². The lowest BCUT2D eigenvalue weighted by Crippen LogP contribution is -2.26. The molecule has 0 atom stereocenters. The van der Waals surface area contributed by atoms with Gasteiger partial charge in [-0.15, -0.1) is 0 Å². The molecule has 2 aliphatic rings. The molecule has 0 aromatic heterocycles. The summed E-state index contributed by atoms with van der Waals surface area (Å²) in [7, 11) is 0. The number of anilines is 3. The first-order valence-corrected chi connectivity index (χ1v) is 18.1. The molecule has 0 saturated heterocycles. The molecule has 0 unspecified atom stereocenters. The van der Waals surface area contributed by atoms with E-state index in [1.165, 1.54) is 82.9 Å². The maximum Gasteiger partial charge on any atom is 0.0726 e. The SMILES string of the molecule is c1ccc(-c2ccc(N(c3cccc4ccccc34)c3cc4c(c5ccccc35)-c3ccccc3C43c4ccccc4-c4ccccc43)cc2)cc1. The Labute approximate surface area is 303 Å². The summed E-state index contributed by atoms with van der Waals surface area (Å²) in [5.74, 6) is 0. The van der Waals surface area contributed by atoms with Gasteiger partial charge in [0.25, 0.3) is 0 Å². The molecule has 2 aliphatic carbocycles. The summed E-state index contributed by atoms with van der Waals surface area (Å²) >= 11 is 0. The van der Waals surface area contributed by atoms with Crippen molar-refractivity contribution in [3.8, 4) is 33.4 Å². The molecular formula is C51H33N. The Bertz CT molecular complexity index is 2800. The van der Waals surface area contributed by atoms with E-state index in [4.69, 9.17) is 0 Å². The predicted octanol–water partition coefficient (Wildman–Crippen LogP) is 13.5. The van der Waals surface area contributed by atoms with E-state index in [9.17, 15) is 0 Å². The normalized spacial score (nSPS) is 13.2. The smallest absolute Gasteiger partial charge is 0.0726 e. The summed E-state index contributed by atoms with van der Waals surface area (Å²) in [6, 6.07) is 74.0. The van der Waals surface area contributed by atoms with Gasteiger partial charge in [0.1, 0.15) is 0 Å². The highest BCUT2D eigenvalue weighted by atomic mass is 15.1. The topological polar surface area (TPSA) is 3.24 Å². The minimum Gasteiger partial charge on any atom is -0.309 e. The molecule has 0 aliphatic heterocycles. The van der Waals surface area contributed by atoms with Crippen LogP contribution in [0.4, 0.5) is 17.1 Å². The van der Waals surface area contributed by atoms with Crippen LogP contribution < -0.4 is 4.90 Å². The number of hydrogen-bond donors (Lipinski definition) is 0. The lowest BCUT2D eigenvalue weighted by atomic mass is 9.70. The van der Waals surface area contributed by atoms with Gasteiger partial charge < -0.3 is 4.90 Å². The zero-order valence-electron chi connectivity index (χ0n) is 28.5. The summed E-state index contributed by atoms with van der Waals surface area (Å²) in [6.07, 6.45) is 0. The number of rotatable bonds is 4. The Hall–Kier alpha value is -6.70. The highest BCUT2D eigenvalue weighted by Crippen LogP contribution is 2.64. The van der Waals surface area contributed by atoms with Crippen molar-refractivity contribution in [2.45, 2.75) is 5.41 Å². The van der Waals surface area contributed by atoms with E-state index in [0.29, 0.717) is 0 Å². The third-order valence-corrected chi connectivity index (χ3v) is 11.5. The lowest BCUT2D eigenvalue weighted by Gasteiger charge is -2.33. The summed E-state index contributed by atoms with van der Waals surface area (Å²) < 4.78 is 0. The van der Waals surface area contributed by atoms with Gasteiger partial charge in [-0.1, -0.05) is 176 Å². The monoisotopic (exact) mass is 659 g/mol. The molecule has 1 nitrogen and oxygen atoms in total. The fourth-order valence-electron chi connectivity index (χ4n) is 9.36. The van der Waals surface area contributed by atoms with Gasteiger partial charge in [0, 0.05) is 16.5 Å². The number of hydrogen-bond acceptors (Lipinski definition) is 1. The molecule has 1 spiro atoms. The van der Waals surface area contributed by atoms with Gasteiger partial charge in [0.15, 0.2) is 0 Å². The maximum atomic E-state index is 2.53. The van der Waals surface area contributed by atoms with Crippen LogP contribution >= 0.6 is 0 Å². The molecule has 0 heterocycles. The minimum atomic E-state index is -0.445. The van der Waals surface area contributed by atoms with Crippen LogP contribution in [0, 0.1) is 0 Å². The van der Waals surface area contributed by atoms with Crippen LogP contribution in [0.15, 0.2) is 200 Å². The Morgan fingerprint density at radius 1 is 0.327 bits per heavy atom. The van der Waals surface area contributed by atoms with Crippen molar-refractivity contribution >= 4 is 38.6 Å². The highest BCUT2D eigenvalue weighted by molar-refractivity contribution is 6.13. The van der Waals surface area contributed by atoms with E-state index in [0.717, 1.165) is 11.4 Å². The lowest BCUT2D eigenvalue weighted by molar-refractivity contribution is 0.794. The molecule has 1 heteroatoms. The van der Waals surface area contributed by atoms with E-state index < -0.39 is 5.41 Å². The van der Waals surface area contributed by atoms with Gasteiger partial charge in [0.2, 0.25) is 0 Å². The molecule has 9 aromatic rings. The third kappa shape index (κ3) is 3.94. The number of fused-ring (bicyclic) bond motifs is 13. The molecule has 0 radical (unpaired) electrons. The fourth-order valence-corrected chi connectivity index (χ4v) is 9.36. The summed E-state index contributed by atoms with van der Waals surface area (Å²) in [5, 5.41) is 4.94. The van der Waals surface area contributed by atoms with Crippen molar-refractivity contribution in [3.05, 3.63) is 222 Å². The molecule has 0 saturated carbocycles. The average molecular weight is 660 g/mol. The van der Waals surface area contributed by atoms with Gasteiger partial charge in [-0.25, -0.2) is 0 Å². The predicted molar refractivity (Wildman–Crippen MR) is 218 cm³/mol. The van der Waals surface area contributed by atoms with Gasteiger partial charge in [-0.2, -0.15) is 0 Å². The van der Waals surface area contributed by atoms with E-state index in [1.54, 1.807) is 0 Å².